The first-order valence-corrected chi connectivity index (χ1v) is 10.1. The highest BCUT2D eigenvalue weighted by Gasteiger charge is 2.43. The third-order valence-corrected chi connectivity index (χ3v) is 5.87. The first kappa shape index (κ1) is 19.6. The maximum absolute atomic E-state index is 13.6. The minimum Gasteiger partial charge on any atom is -0.363 e. The van der Waals surface area contributed by atoms with Crippen LogP contribution in [0.1, 0.15) is 24.8 Å². The van der Waals surface area contributed by atoms with E-state index in [9.17, 15) is 14.0 Å². The molecule has 0 radical (unpaired) electrons. The smallest absolute Gasteiger partial charge is 0.253 e. The number of aryl methyl sites for hydroxylation is 1. The van der Waals surface area contributed by atoms with Gasteiger partial charge in [-0.2, -0.15) is 0 Å². The van der Waals surface area contributed by atoms with Gasteiger partial charge in [0.2, 0.25) is 5.91 Å². The lowest BCUT2D eigenvalue weighted by molar-refractivity contribution is -0.150. The maximum Gasteiger partial charge on any atom is 0.253 e. The van der Waals surface area contributed by atoms with Gasteiger partial charge in [-0.3, -0.25) is 9.59 Å². The van der Waals surface area contributed by atoms with E-state index in [0.717, 1.165) is 12.0 Å². The van der Waals surface area contributed by atoms with E-state index in [0.29, 0.717) is 44.6 Å². The molecule has 152 valence electrons. The number of carbonyl (C=O) groups is 2. The fourth-order valence-corrected chi connectivity index (χ4v) is 4.11. The summed E-state index contributed by atoms with van der Waals surface area (Å²) in [4.78, 5) is 28.4. The number of likely N-dealkylation sites (tertiary alicyclic amines) is 1. The molecule has 0 aliphatic carbocycles. The second-order valence-corrected chi connectivity index (χ2v) is 7.80. The molecule has 0 bridgehead atoms. The summed E-state index contributed by atoms with van der Waals surface area (Å²) in [6, 6.07) is 16.1. The van der Waals surface area contributed by atoms with Crippen molar-refractivity contribution >= 4 is 17.5 Å². The third-order valence-electron chi connectivity index (χ3n) is 5.87. The normalized spacial score (nSPS) is 18.9. The minimum absolute atomic E-state index is 0.0154. The number of nitrogens with zero attached hydrogens (tertiary/aromatic N) is 2. The van der Waals surface area contributed by atoms with Crippen LogP contribution in [0.2, 0.25) is 0 Å². The van der Waals surface area contributed by atoms with Crippen molar-refractivity contribution < 1.29 is 18.7 Å². The van der Waals surface area contributed by atoms with Crippen molar-refractivity contribution in [3.8, 4) is 0 Å². The van der Waals surface area contributed by atoms with Gasteiger partial charge in [0, 0.05) is 25.2 Å². The first-order valence-electron chi connectivity index (χ1n) is 10.1. The van der Waals surface area contributed by atoms with Crippen LogP contribution >= 0.6 is 0 Å². The Labute approximate surface area is 170 Å². The van der Waals surface area contributed by atoms with Crippen LogP contribution in [-0.4, -0.2) is 48.6 Å². The highest BCUT2D eigenvalue weighted by molar-refractivity contribution is 5.95. The monoisotopic (exact) mass is 396 g/mol. The molecule has 5 nitrogen and oxygen atoms in total. The zero-order chi connectivity index (χ0) is 20.3. The van der Waals surface area contributed by atoms with Crippen LogP contribution < -0.4 is 4.90 Å². The molecule has 0 aromatic heterocycles. The van der Waals surface area contributed by atoms with Crippen molar-refractivity contribution in [2.24, 2.45) is 0 Å². The van der Waals surface area contributed by atoms with E-state index < -0.39 is 5.60 Å². The number of halogens is 1. The molecule has 29 heavy (non-hydrogen) atoms. The van der Waals surface area contributed by atoms with Crippen molar-refractivity contribution in [2.75, 3.05) is 31.1 Å². The van der Waals surface area contributed by atoms with Gasteiger partial charge in [-0.05, 0) is 43.0 Å². The van der Waals surface area contributed by atoms with Crippen molar-refractivity contribution in [1.29, 1.82) is 0 Å². The van der Waals surface area contributed by atoms with Crippen molar-refractivity contribution in [1.82, 2.24) is 4.90 Å². The predicted molar refractivity (Wildman–Crippen MR) is 108 cm³/mol. The number of morpholine rings is 1. The molecule has 2 saturated heterocycles. The number of anilines is 1. The molecule has 2 aliphatic heterocycles. The highest BCUT2D eigenvalue weighted by Crippen LogP contribution is 2.33. The largest absolute Gasteiger partial charge is 0.363 e. The molecule has 0 N–H and O–H groups in total. The number of hydrogen-bond donors (Lipinski definition) is 0. The lowest BCUT2D eigenvalue weighted by atomic mass is 9.88. The number of carbonyl (C=O) groups excluding carboxylic acids is 2. The van der Waals surface area contributed by atoms with Gasteiger partial charge in [-0.15, -0.1) is 0 Å². The van der Waals surface area contributed by atoms with E-state index in [4.69, 9.17) is 4.74 Å². The van der Waals surface area contributed by atoms with Crippen molar-refractivity contribution in [3.05, 3.63) is 66.0 Å². The second kappa shape index (κ2) is 8.33. The zero-order valence-electron chi connectivity index (χ0n) is 16.4. The molecule has 4 rings (SSSR count). The van der Waals surface area contributed by atoms with Gasteiger partial charge < -0.3 is 14.5 Å². The molecule has 2 fully saturated rings. The van der Waals surface area contributed by atoms with Crippen molar-refractivity contribution in [2.45, 2.75) is 31.3 Å². The Morgan fingerprint density at radius 1 is 1.07 bits per heavy atom. The maximum atomic E-state index is 13.6. The number of benzene rings is 2. The second-order valence-electron chi connectivity index (χ2n) is 7.80. The molecule has 2 aromatic carbocycles. The Morgan fingerprint density at radius 2 is 1.83 bits per heavy atom. The Kier molecular flexibility index (Phi) is 5.62. The van der Waals surface area contributed by atoms with Crippen LogP contribution in [0.3, 0.4) is 0 Å². The molecule has 0 saturated carbocycles. The Bertz CT molecular complexity index is 879. The summed E-state index contributed by atoms with van der Waals surface area (Å²) in [5.74, 6) is -0.380. The molecule has 2 heterocycles. The van der Waals surface area contributed by atoms with Crippen LogP contribution in [0, 0.1) is 5.82 Å². The lowest BCUT2D eigenvalue weighted by Gasteiger charge is -2.47. The number of rotatable bonds is 4. The SMILES string of the molecule is O=C(CCc1ccccc1)N1CCC2(CC1)CN(c1cccc(F)c1)C(=O)CO2. The summed E-state index contributed by atoms with van der Waals surface area (Å²) in [5.41, 5.74) is 1.24. The summed E-state index contributed by atoms with van der Waals surface area (Å²) < 4.78 is 19.5. The van der Waals surface area contributed by atoms with Crippen LogP contribution in [0.5, 0.6) is 0 Å². The standard InChI is InChI=1S/C23H25FN2O3/c24-19-7-4-8-20(15-19)26-17-23(29-16-22(26)28)11-13-25(14-12-23)21(27)10-9-18-5-2-1-3-6-18/h1-8,15H,9-14,16-17H2. The number of amides is 2. The molecule has 2 aromatic rings. The fourth-order valence-electron chi connectivity index (χ4n) is 4.11. The average Bonchev–Trinajstić information content (AvgIpc) is 2.75. The molecule has 0 unspecified atom stereocenters. The van der Waals surface area contributed by atoms with E-state index in [2.05, 4.69) is 0 Å². The summed E-state index contributed by atoms with van der Waals surface area (Å²) in [6.45, 7) is 1.59. The van der Waals surface area contributed by atoms with Crippen LogP contribution in [0.25, 0.3) is 0 Å². The van der Waals surface area contributed by atoms with Crippen molar-refractivity contribution in [3.63, 3.8) is 0 Å². The first-order chi connectivity index (χ1) is 14.0. The van der Waals surface area contributed by atoms with E-state index in [-0.39, 0.29) is 24.2 Å². The van der Waals surface area contributed by atoms with Gasteiger partial charge in [0.05, 0.1) is 12.1 Å². The van der Waals surface area contributed by atoms with Gasteiger partial charge in [0.25, 0.3) is 5.91 Å². The van der Waals surface area contributed by atoms with Gasteiger partial charge in [-0.25, -0.2) is 4.39 Å². The van der Waals surface area contributed by atoms with Crippen LogP contribution in [0.4, 0.5) is 10.1 Å². The molecular weight excluding hydrogens is 371 g/mol. The highest BCUT2D eigenvalue weighted by atomic mass is 19.1. The Hall–Kier alpha value is -2.73. The molecular formula is C23H25FN2O3. The summed E-state index contributed by atoms with van der Waals surface area (Å²) in [5, 5.41) is 0. The molecule has 1 spiro atoms. The molecule has 2 aliphatic rings. The fraction of sp³-hybridized carbons (Fsp3) is 0.391. The summed E-state index contributed by atoms with van der Waals surface area (Å²) >= 11 is 0. The van der Waals surface area contributed by atoms with E-state index >= 15 is 0 Å². The number of hydrogen-bond acceptors (Lipinski definition) is 3. The zero-order valence-corrected chi connectivity index (χ0v) is 16.4. The van der Waals surface area contributed by atoms with Gasteiger partial charge >= 0.3 is 0 Å². The minimum atomic E-state index is -0.476. The molecule has 6 heteroatoms. The van der Waals surface area contributed by atoms with Gasteiger partial charge in [-0.1, -0.05) is 36.4 Å². The van der Waals surface area contributed by atoms with Gasteiger partial charge in [0.1, 0.15) is 12.4 Å². The average molecular weight is 396 g/mol. The third kappa shape index (κ3) is 4.48. The van der Waals surface area contributed by atoms with E-state index in [1.807, 2.05) is 35.2 Å². The van der Waals surface area contributed by atoms with Gasteiger partial charge in [0.15, 0.2) is 0 Å². The number of ether oxygens (including phenoxy) is 1. The topological polar surface area (TPSA) is 49.9 Å². The van der Waals surface area contributed by atoms with E-state index in [1.54, 1.807) is 17.0 Å². The van der Waals surface area contributed by atoms with E-state index in [1.165, 1.54) is 12.1 Å². The molecule has 0 atom stereocenters. The lowest BCUT2D eigenvalue weighted by Crippen LogP contribution is -2.59. The summed E-state index contributed by atoms with van der Waals surface area (Å²) in [6.07, 6.45) is 2.57. The molecule has 2 amide bonds. The predicted octanol–water partition coefficient (Wildman–Crippen LogP) is 3.18. The van der Waals surface area contributed by atoms with Crippen LogP contribution in [-0.2, 0) is 20.7 Å². The van der Waals surface area contributed by atoms with Crippen LogP contribution in [0.15, 0.2) is 54.6 Å². The summed E-state index contributed by atoms with van der Waals surface area (Å²) in [7, 11) is 0. The Morgan fingerprint density at radius 3 is 2.55 bits per heavy atom. The number of piperidine rings is 1. The quantitative estimate of drug-likeness (QED) is 0.798. The Balaban J connectivity index is 1.35.